The van der Waals surface area contributed by atoms with Crippen LogP contribution in [0.25, 0.3) is 0 Å². The molecule has 372 valence electrons. The SMILES string of the molecule is CC(=O)O[C@H]1C(=O)[C@]2(C)[C@@H](OC(O)C(O)C3OCC3O)C[C@H]3OC[C@@]3(OC(C)=O)C23[C@H](OC(=O)c2ccccc2)[C@]2(O)C[C@H](OC(=O)[C@H](O)[C@@H](NC(=O)c4ccccc4)c4ccccc4)C(C)=C1[C@]32C. The third kappa shape index (κ3) is 6.92. The van der Waals surface area contributed by atoms with Gasteiger partial charge in [0.05, 0.1) is 41.8 Å². The number of esters is 4. The quantitative estimate of drug-likeness (QED) is 0.0579. The third-order valence-electron chi connectivity index (χ3n) is 15.9. The Balaban J connectivity index is 1.20. The number of aliphatic hydroxyl groups is 5. The number of fused-ring (bicyclic) bond motifs is 1. The first-order valence-electron chi connectivity index (χ1n) is 23.0. The molecule has 0 bridgehead atoms. The van der Waals surface area contributed by atoms with Crippen molar-refractivity contribution in [3.8, 4) is 0 Å². The van der Waals surface area contributed by atoms with Crippen LogP contribution in [0.5, 0.6) is 0 Å². The molecule has 3 saturated carbocycles. The van der Waals surface area contributed by atoms with E-state index in [0.717, 1.165) is 13.8 Å². The summed E-state index contributed by atoms with van der Waals surface area (Å²) >= 11 is 0. The van der Waals surface area contributed by atoms with Crippen LogP contribution >= 0.6 is 0 Å². The molecule has 2 heterocycles. The van der Waals surface area contributed by atoms with Crippen LogP contribution in [-0.2, 0) is 52.3 Å². The topological polar surface area (TPSA) is 280 Å². The van der Waals surface area contributed by atoms with Gasteiger partial charge in [0.1, 0.15) is 42.2 Å². The minimum atomic E-state index is -2.43. The van der Waals surface area contributed by atoms with Crippen molar-refractivity contribution >= 4 is 35.6 Å². The number of aliphatic hydroxyl groups excluding tert-OH is 4. The molecule has 6 N–H and O–H groups in total. The first kappa shape index (κ1) is 49.1. The third-order valence-corrected chi connectivity index (χ3v) is 15.9. The Morgan fingerprint density at radius 1 is 0.814 bits per heavy atom. The second-order valence-corrected chi connectivity index (χ2v) is 19.4. The standard InChI is InChI=1S/C51H55NO18/c1-25-32(67-44(61)37(56)36(28-15-9-6-10-16-28)52-42(59)29-17-11-7-12-18-29)22-49(63)46(69-43(60)30-19-13-8-14-20-30)51-47(4,41(58)40(66-26(2)53)35(25)48(49,51)5)33(21-34-50(51,24-65-34)70-27(3)54)68-45(62)38(57)39-31(55)23-64-39/h6-20,31-34,36-40,45-46,55-57,62-63H,21-24H2,1-5H3,(H,52,59)/t31?,32-,33-,34+,36-,37+,38?,39?,40+,45?,46+,47-,48-,49+,50-,51?/m0/s1. The zero-order valence-electron chi connectivity index (χ0n) is 38.9. The number of carbonyl (C=O) groups is 6. The van der Waals surface area contributed by atoms with Gasteiger partial charge in [0.2, 0.25) is 0 Å². The lowest BCUT2D eigenvalue weighted by Crippen LogP contribution is -3.00. The fourth-order valence-electron chi connectivity index (χ4n) is 12.8. The van der Waals surface area contributed by atoms with Crippen LogP contribution in [-0.4, -0.2) is 147 Å². The van der Waals surface area contributed by atoms with Gasteiger partial charge in [-0.25, -0.2) is 9.59 Å². The summed E-state index contributed by atoms with van der Waals surface area (Å²) in [6.45, 7) is 6.06. The van der Waals surface area contributed by atoms with Crippen LogP contribution in [0.15, 0.2) is 102 Å². The first-order valence-corrected chi connectivity index (χ1v) is 23.0. The van der Waals surface area contributed by atoms with Crippen LogP contribution in [0, 0.1) is 16.2 Å². The van der Waals surface area contributed by atoms with E-state index in [-0.39, 0.29) is 35.3 Å². The maximum Gasteiger partial charge on any atom is 0.338 e. The second kappa shape index (κ2) is 17.7. The van der Waals surface area contributed by atoms with Crippen LogP contribution < -0.4 is 5.32 Å². The Bertz CT molecular complexity index is 2610. The van der Waals surface area contributed by atoms with E-state index in [0.29, 0.717) is 5.56 Å². The molecule has 0 radical (unpaired) electrons. The van der Waals surface area contributed by atoms with Crippen LogP contribution in [0.1, 0.15) is 79.8 Å². The smallest absolute Gasteiger partial charge is 0.338 e. The minimum absolute atomic E-state index is 0.0141. The fourth-order valence-corrected chi connectivity index (χ4v) is 12.8. The van der Waals surface area contributed by atoms with Gasteiger partial charge in [-0.1, -0.05) is 73.7 Å². The molecule has 1 spiro atoms. The normalized spacial score (nSPS) is 36.3. The van der Waals surface area contributed by atoms with Crippen molar-refractivity contribution in [2.75, 3.05) is 13.2 Å². The molecule has 6 aliphatic rings. The molecule has 3 aromatic rings. The summed E-state index contributed by atoms with van der Waals surface area (Å²) in [4.78, 5) is 85.1. The summed E-state index contributed by atoms with van der Waals surface area (Å²) in [5.41, 5.74) is -10.2. The molecule has 16 atom stereocenters. The van der Waals surface area contributed by atoms with Crippen LogP contribution in [0.4, 0.5) is 0 Å². The number of amides is 1. The van der Waals surface area contributed by atoms with Gasteiger partial charge in [-0.3, -0.25) is 19.2 Å². The van der Waals surface area contributed by atoms with Gasteiger partial charge in [0.15, 0.2) is 29.9 Å². The number of hydrogen-bond acceptors (Lipinski definition) is 18. The molecule has 19 nitrogen and oxygen atoms in total. The Morgan fingerprint density at radius 2 is 1.43 bits per heavy atom. The van der Waals surface area contributed by atoms with Crippen molar-refractivity contribution in [1.82, 2.24) is 5.32 Å². The Labute approximate surface area is 401 Å². The second-order valence-electron chi connectivity index (χ2n) is 19.4. The number of nitrogens with one attached hydrogen (secondary N) is 1. The number of Topliss-reactive ketones (excluding diaryl/α,β-unsaturated/α-hetero) is 1. The summed E-state index contributed by atoms with van der Waals surface area (Å²) in [6, 6.07) is 22.6. The van der Waals surface area contributed by atoms with Gasteiger partial charge >= 0.3 is 23.9 Å². The maximum atomic E-state index is 16.0. The molecule has 3 aromatic carbocycles. The minimum Gasteiger partial charge on any atom is -0.456 e. The molecule has 2 aliphatic heterocycles. The predicted molar refractivity (Wildman–Crippen MR) is 238 cm³/mol. The van der Waals surface area contributed by atoms with E-state index in [1.807, 2.05) is 0 Å². The van der Waals surface area contributed by atoms with E-state index < -0.39 is 143 Å². The fraction of sp³-hybridized carbons (Fsp3) is 0.490. The molecule has 2 saturated heterocycles. The lowest BCUT2D eigenvalue weighted by molar-refractivity contribution is -0.477. The van der Waals surface area contributed by atoms with E-state index in [9.17, 15) is 49.5 Å². The van der Waals surface area contributed by atoms with Crippen molar-refractivity contribution in [3.63, 3.8) is 0 Å². The zero-order valence-corrected chi connectivity index (χ0v) is 38.9. The highest BCUT2D eigenvalue weighted by atomic mass is 16.7. The highest BCUT2D eigenvalue weighted by Crippen LogP contribution is 2.86. The van der Waals surface area contributed by atoms with Crippen molar-refractivity contribution in [3.05, 3.63) is 119 Å². The summed E-state index contributed by atoms with van der Waals surface area (Å²) < 4.78 is 42.5. The average molecular weight is 970 g/mol. The van der Waals surface area contributed by atoms with Gasteiger partial charge in [0, 0.05) is 37.7 Å². The van der Waals surface area contributed by atoms with Gasteiger partial charge in [-0.2, -0.15) is 0 Å². The highest BCUT2D eigenvalue weighted by Gasteiger charge is 2.99. The molecule has 19 heteroatoms. The lowest BCUT2D eigenvalue weighted by Gasteiger charge is -2.86. The van der Waals surface area contributed by atoms with E-state index in [4.69, 9.17) is 33.2 Å². The van der Waals surface area contributed by atoms with Gasteiger partial charge in [-0.05, 0) is 54.8 Å². The highest BCUT2D eigenvalue weighted by molar-refractivity contribution is 5.99. The van der Waals surface area contributed by atoms with Crippen molar-refractivity contribution in [1.29, 1.82) is 0 Å². The van der Waals surface area contributed by atoms with Crippen molar-refractivity contribution < 1.29 is 87.5 Å². The largest absolute Gasteiger partial charge is 0.456 e. The van der Waals surface area contributed by atoms with Gasteiger partial charge < -0.3 is 64.0 Å². The van der Waals surface area contributed by atoms with E-state index in [1.54, 1.807) is 78.9 Å². The number of hydrogen-bond donors (Lipinski definition) is 6. The first-order chi connectivity index (χ1) is 33.2. The van der Waals surface area contributed by atoms with Gasteiger partial charge in [-0.15, -0.1) is 0 Å². The van der Waals surface area contributed by atoms with Crippen molar-refractivity contribution in [2.45, 2.75) is 126 Å². The van der Waals surface area contributed by atoms with Gasteiger partial charge in [0.25, 0.3) is 5.91 Å². The summed E-state index contributed by atoms with van der Waals surface area (Å²) in [5, 5.41) is 61.3. The van der Waals surface area contributed by atoms with E-state index >= 15 is 4.79 Å². The molecular formula is C51H55NO18. The van der Waals surface area contributed by atoms with E-state index in [1.165, 1.54) is 32.9 Å². The lowest BCUT2D eigenvalue weighted by atomic mass is 9.20. The Hall–Kier alpha value is -5.90. The van der Waals surface area contributed by atoms with E-state index in [2.05, 4.69) is 5.32 Å². The number of benzene rings is 3. The zero-order chi connectivity index (χ0) is 50.3. The number of rotatable bonds is 14. The Morgan fingerprint density at radius 3 is 1.97 bits per heavy atom. The Kier molecular flexibility index (Phi) is 12.4. The number of carbonyl (C=O) groups excluding carboxylic acids is 6. The predicted octanol–water partition coefficient (Wildman–Crippen LogP) is 1.56. The van der Waals surface area contributed by atoms with Crippen LogP contribution in [0.3, 0.4) is 0 Å². The van der Waals surface area contributed by atoms with Crippen molar-refractivity contribution in [2.24, 2.45) is 16.2 Å². The summed E-state index contributed by atoms with van der Waals surface area (Å²) in [5.74, 6) is -5.62. The molecule has 70 heavy (non-hydrogen) atoms. The average Bonchev–Trinajstić information content (AvgIpc) is 3.33. The summed E-state index contributed by atoms with van der Waals surface area (Å²) in [7, 11) is 0. The molecule has 1 amide bonds. The molecular weight excluding hydrogens is 915 g/mol. The number of ketones is 1. The molecule has 4 aliphatic carbocycles. The molecule has 5 fully saturated rings. The number of ether oxygens (including phenoxy) is 7. The molecule has 9 rings (SSSR count). The molecule has 0 aromatic heterocycles. The maximum absolute atomic E-state index is 16.0. The summed E-state index contributed by atoms with van der Waals surface area (Å²) in [6.07, 6.45) is -17.6. The van der Waals surface area contributed by atoms with Crippen LogP contribution in [0.2, 0.25) is 0 Å². The molecule has 5 unspecified atom stereocenters. The monoisotopic (exact) mass is 969 g/mol.